The summed E-state index contributed by atoms with van der Waals surface area (Å²) >= 11 is 0. The van der Waals surface area contributed by atoms with Gasteiger partial charge in [-0.2, -0.15) is 0 Å². The highest BCUT2D eigenvalue weighted by atomic mass is 16.5. The van der Waals surface area contributed by atoms with E-state index in [-0.39, 0.29) is 12.1 Å². The Morgan fingerprint density at radius 1 is 1.43 bits per heavy atom. The second-order valence-corrected chi connectivity index (χ2v) is 5.44. The quantitative estimate of drug-likeness (QED) is 0.765. The summed E-state index contributed by atoms with van der Waals surface area (Å²) in [4.78, 5) is 11.8. The van der Waals surface area contributed by atoms with E-state index in [1.54, 1.807) is 10.9 Å². The van der Waals surface area contributed by atoms with Gasteiger partial charge in [-0.25, -0.2) is 4.79 Å². The molecule has 124 valence electrons. The molecule has 0 spiro atoms. The standard InChI is InChI=1S/C16H23N5O2/c1-12-6-4-7-14(10-12)23-9-5-8-17-16(22)19-13(2)15-20-18-11-21(15)3/h4,6-7,10-11,13H,5,8-9H2,1-3H3,(H2,17,19,22)/t13-/m1/s1. The number of aromatic nitrogens is 3. The second-order valence-electron chi connectivity index (χ2n) is 5.44. The van der Waals surface area contributed by atoms with Crippen molar-refractivity contribution >= 4 is 6.03 Å². The lowest BCUT2D eigenvalue weighted by Crippen LogP contribution is -2.38. The number of carbonyl (C=O) groups is 1. The molecule has 1 aromatic heterocycles. The maximum Gasteiger partial charge on any atom is 0.315 e. The number of nitrogens with zero attached hydrogens (tertiary/aromatic N) is 3. The molecule has 23 heavy (non-hydrogen) atoms. The van der Waals surface area contributed by atoms with Gasteiger partial charge in [-0.1, -0.05) is 12.1 Å². The van der Waals surface area contributed by atoms with Crippen molar-refractivity contribution in [2.45, 2.75) is 26.3 Å². The number of benzene rings is 1. The highest BCUT2D eigenvalue weighted by Gasteiger charge is 2.13. The van der Waals surface area contributed by atoms with Gasteiger partial charge in [0.1, 0.15) is 12.1 Å². The molecule has 1 aromatic carbocycles. The molecule has 0 unspecified atom stereocenters. The molecule has 1 atom stereocenters. The van der Waals surface area contributed by atoms with Gasteiger partial charge < -0.3 is 19.9 Å². The van der Waals surface area contributed by atoms with Crippen LogP contribution in [0.2, 0.25) is 0 Å². The van der Waals surface area contributed by atoms with E-state index in [4.69, 9.17) is 4.74 Å². The zero-order valence-electron chi connectivity index (χ0n) is 13.7. The van der Waals surface area contributed by atoms with Crippen molar-refractivity contribution in [1.82, 2.24) is 25.4 Å². The van der Waals surface area contributed by atoms with E-state index < -0.39 is 0 Å². The normalized spacial score (nSPS) is 11.8. The molecule has 1 heterocycles. The maximum absolute atomic E-state index is 11.8. The van der Waals surface area contributed by atoms with Crippen molar-refractivity contribution in [2.24, 2.45) is 7.05 Å². The van der Waals surface area contributed by atoms with Crippen LogP contribution in [0.15, 0.2) is 30.6 Å². The lowest BCUT2D eigenvalue weighted by molar-refractivity contribution is 0.235. The Balaban J connectivity index is 1.62. The van der Waals surface area contributed by atoms with Gasteiger partial charge in [-0.05, 0) is 38.0 Å². The Morgan fingerprint density at radius 3 is 2.96 bits per heavy atom. The van der Waals surface area contributed by atoms with Crippen molar-refractivity contribution in [1.29, 1.82) is 0 Å². The maximum atomic E-state index is 11.8. The van der Waals surface area contributed by atoms with E-state index in [0.29, 0.717) is 19.0 Å². The number of amides is 2. The zero-order valence-corrected chi connectivity index (χ0v) is 13.7. The number of ether oxygens (including phenoxy) is 1. The van der Waals surface area contributed by atoms with Crippen molar-refractivity contribution in [3.63, 3.8) is 0 Å². The minimum Gasteiger partial charge on any atom is -0.494 e. The fourth-order valence-corrected chi connectivity index (χ4v) is 2.17. The third-order valence-corrected chi connectivity index (χ3v) is 3.35. The summed E-state index contributed by atoms with van der Waals surface area (Å²) in [6.07, 6.45) is 2.34. The van der Waals surface area contributed by atoms with Crippen LogP contribution in [-0.2, 0) is 7.05 Å². The topological polar surface area (TPSA) is 81.1 Å². The molecule has 2 N–H and O–H groups in total. The number of hydrogen-bond acceptors (Lipinski definition) is 4. The number of carbonyl (C=O) groups excluding carboxylic acids is 1. The van der Waals surface area contributed by atoms with Gasteiger partial charge in [0.25, 0.3) is 0 Å². The first-order valence-corrected chi connectivity index (χ1v) is 7.64. The first-order valence-electron chi connectivity index (χ1n) is 7.64. The third kappa shape index (κ3) is 5.28. The molecule has 0 aliphatic heterocycles. The molecule has 0 saturated heterocycles. The summed E-state index contributed by atoms with van der Waals surface area (Å²) in [6, 6.07) is 7.47. The van der Waals surface area contributed by atoms with Gasteiger partial charge in [0, 0.05) is 13.6 Å². The van der Waals surface area contributed by atoms with E-state index in [1.807, 2.05) is 45.2 Å². The SMILES string of the molecule is Cc1cccc(OCCCNC(=O)N[C@H](C)c2nncn2C)c1. The van der Waals surface area contributed by atoms with Gasteiger partial charge in [0.2, 0.25) is 0 Å². The van der Waals surface area contributed by atoms with Crippen molar-refractivity contribution in [2.75, 3.05) is 13.2 Å². The number of aryl methyl sites for hydroxylation is 2. The summed E-state index contributed by atoms with van der Waals surface area (Å²) in [5.41, 5.74) is 1.16. The Kier molecular flexibility index (Phi) is 5.96. The van der Waals surface area contributed by atoms with Crippen LogP contribution < -0.4 is 15.4 Å². The van der Waals surface area contributed by atoms with Gasteiger partial charge in [-0.3, -0.25) is 0 Å². The van der Waals surface area contributed by atoms with Crippen LogP contribution in [0.4, 0.5) is 4.79 Å². The highest BCUT2D eigenvalue weighted by molar-refractivity contribution is 5.74. The number of hydrogen-bond donors (Lipinski definition) is 2. The van der Waals surface area contributed by atoms with E-state index in [0.717, 1.165) is 17.7 Å². The predicted octanol–water partition coefficient (Wildman–Crippen LogP) is 1.95. The fraction of sp³-hybridized carbons (Fsp3) is 0.438. The fourth-order valence-electron chi connectivity index (χ4n) is 2.17. The van der Waals surface area contributed by atoms with Gasteiger partial charge in [0.15, 0.2) is 5.82 Å². The van der Waals surface area contributed by atoms with Crippen molar-refractivity contribution < 1.29 is 9.53 Å². The average molecular weight is 317 g/mol. The van der Waals surface area contributed by atoms with E-state index in [9.17, 15) is 4.79 Å². The first kappa shape index (κ1) is 16.8. The second kappa shape index (κ2) is 8.17. The van der Waals surface area contributed by atoms with Crippen LogP contribution in [0, 0.1) is 6.92 Å². The molecule has 0 aliphatic rings. The van der Waals surface area contributed by atoms with Crippen LogP contribution in [0.3, 0.4) is 0 Å². The van der Waals surface area contributed by atoms with Crippen LogP contribution >= 0.6 is 0 Å². The molecule has 0 bridgehead atoms. The smallest absolute Gasteiger partial charge is 0.315 e. The molecule has 0 radical (unpaired) electrons. The lowest BCUT2D eigenvalue weighted by Gasteiger charge is -2.14. The summed E-state index contributed by atoms with van der Waals surface area (Å²) < 4.78 is 7.41. The monoisotopic (exact) mass is 317 g/mol. The largest absolute Gasteiger partial charge is 0.494 e. The Morgan fingerprint density at radius 2 is 2.26 bits per heavy atom. The minimum atomic E-state index is -0.226. The summed E-state index contributed by atoms with van der Waals surface area (Å²) in [7, 11) is 1.84. The van der Waals surface area contributed by atoms with Gasteiger partial charge >= 0.3 is 6.03 Å². The summed E-state index contributed by atoms with van der Waals surface area (Å²) in [5.74, 6) is 1.56. The number of rotatable bonds is 7. The van der Waals surface area contributed by atoms with E-state index >= 15 is 0 Å². The molecule has 7 nitrogen and oxygen atoms in total. The number of nitrogens with one attached hydrogen (secondary N) is 2. The third-order valence-electron chi connectivity index (χ3n) is 3.35. The molecule has 7 heteroatoms. The van der Waals surface area contributed by atoms with Gasteiger partial charge in [0.05, 0.1) is 12.6 Å². The number of urea groups is 1. The van der Waals surface area contributed by atoms with E-state index in [1.165, 1.54) is 0 Å². The minimum absolute atomic E-state index is 0.203. The zero-order chi connectivity index (χ0) is 16.7. The molecule has 0 saturated carbocycles. The highest BCUT2D eigenvalue weighted by Crippen LogP contribution is 2.12. The van der Waals surface area contributed by atoms with Crippen molar-refractivity contribution in [3.05, 3.63) is 42.0 Å². The Labute approximate surface area is 136 Å². The van der Waals surface area contributed by atoms with Crippen LogP contribution in [0.1, 0.15) is 30.8 Å². The van der Waals surface area contributed by atoms with Crippen LogP contribution in [0.5, 0.6) is 5.75 Å². The molecule has 0 fully saturated rings. The lowest BCUT2D eigenvalue weighted by atomic mass is 10.2. The van der Waals surface area contributed by atoms with Crippen LogP contribution in [-0.4, -0.2) is 33.9 Å². The molecular formula is C16H23N5O2. The Bertz CT molecular complexity index is 641. The van der Waals surface area contributed by atoms with Gasteiger partial charge in [-0.15, -0.1) is 10.2 Å². The molecule has 2 aromatic rings. The van der Waals surface area contributed by atoms with Crippen molar-refractivity contribution in [3.8, 4) is 5.75 Å². The summed E-state index contributed by atoms with van der Waals surface area (Å²) in [5, 5.41) is 13.4. The molecule has 0 aliphatic carbocycles. The molecule has 2 amide bonds. The first-order chi connectivity index (χ1) is 11.1. The average Bonchev–Trinajstić information content (AvgIpc) is 2.93. The molecule has 2 rings (SSSR count). The van der Waals surface area contributed by atoms with Crippen LogP contribution in [0.25, 0.3) is 0 Å². The molecular weight excluding hydrogens is 294 g/mol. The predicted molar refractivity (Wildman–Crippen MR) is 87.2 cm³/mol. The van der Waals surface area contributed by atoms with E-state index in [2.05, 4.69) is 20.8 Å². The Hall–Kier alpha value is -2.57. The summed E-state index contributed by atoms with van der Waals surface area (Å²) in [6.45, 7) is 4.99.